The second kappa shape index (κ2) is 35.3. The van der Waals surface area contributed by atoms with Gasteiger partial charge >= 0.3 is 48.3 Å². The lowest BCUT2D eigenvalue weighted by atomic mass is 9.98. The number of rotatable bonds is 17. The number of hydrogen-bond acceptors (Lipinski definition) is 14. The molecule has 5 aromatic rings. The van der Waals surface area contributed by atoms with Gasteiger partial charge in [0.2, 0.25) is 0 Å². The SMILES string of the molecule is CC(C)(C)OC(=O)N[C@@H](Cc1cc(F)c(F)c(Cl)c1)C(=O)O.COC(=O)[C@H](CI)NC(=O)OC(C)(C)C.COC(=O)[C@H](Cc1cc(F)c(F)c(Cl)c1)NC(=O)OC(C)(C)C.O=C(N[C@@H](Cc1cc(F)c(F)c(Cl)c1)C(=O)O)OCC1c2ccccc2-c2ccccc21. The van der Waals surface area contributed by atoms with Gasteiger partial charge in [0, 0.05) is 29.6 Å². The number of carboxylic acids is 2. The van der Waals surface area contributed by atoms with Crippen LogP contribution in [0.15, 0.2) is 84.9 Å². The van der Waals surface area contributed by atoms with E-state index in [1.807, 2.05) is 71.1 Å². The van der Waals surface area contributed by atoms with Crippen molar-refractivity contribution in [1.29, 1.82) is 0 Å². The molecule has 0 heterocycles. The first-order valence-corrected chi connectivity index (χ1v) is 30.0. The number of alkyl carbamates (subject to hydrolysis) is 4. The third kappa shape index (κ3) is 26.1. The minimum Gasteiger partial charge on any atom is -0.480 e. The number of aliphatic carboxylic acids is 2. The Bertz CT molecular complexity index is 3350. The van der Waals surface area contributed by atoms with E-state index in [0.717, 1.165) is 59.7 Å². The smallest absolute Gasteiger partial charge is 0.408 e. The molecule has 4 atom stereocenters. The number of amides is 4. The second-order valence-electron chi connectivity index (χ2n) is 22.7. The molecule has 4 amide bonds. The van der Waals surface area contributed by atoms with Gasteiger partial charge in [0.05, 0.1) is 29.3 Å². The standard InChI is InChI=1S/C24H18ClF2NO4.C15H18ClF2NO4.C14H16ClF2NO4.C9H16INO4/c25-19-9-13(10-20(26)22(19)27)11-21(23(29)30)28-24(31)32-12-18-16-7-3-1-5-14(16)15-6-2-4-8-17(15)18;1-15(2,3)23-14(21)19-11(13(20)22-4)7-8-5-9(16)12(18)10(17)6-8;1-14(2,3)22-13(21)18-10(12(19)20)6-7-4-8(15)11(17)9(16)5-7;1-9(2,3)15-8(13)11-6(5-10)7(12)14-4/h1-10,18,21H,11-12H2,(H,28,31)(H,29,30);5-6,11H,7H2,1-4H3,(H,19,21);4-5,10H,6H2,1-3H3,(H,18,21)(H,19,20);6H,5H2,1-4H3,(H,11,13)/t21-;11-;10-;6-/m0000/s1. The third-order valence-corrected chi connectivity index (χ3v) is 13.6. The van der Waals surface area contributed by atoms with Crippen LogP contribution in [0.4, 0.5) is 45.5 Å². The van der Waals surface area contributed by atoms with E-state index in [4.69, 9.17) is 58.9 Å². The number of benzene rings is 5. The Morgan fingerprint density at radius 2 is 0.772 bits per heavy atom. The number of halogens is 10. The fourth-order valence-electron chi connectivity index (χ4n) is 8.05. The largest absolute Gasteiger partial charge is 0.480 e. The predicted molar refractivity (Wildman–Crippen MR) is 335 cm³/mol. The highest BCUT2D eigenvalue weighted by atomic mass is 127. The number of carbonyl (C=O) groups excluding carboxylic acids is 6. The zero-order valence-electron chi connectivity index (χ0n) is 51.4. The van der Waals surface area contributed by atoms with Gasteiger partial charge in [-0.1, -0.05) is 106 Å². The molecule has 1 aliphatic carbocycles. The second-order valence-corrected chi connectivity index (χ2v) is 24.8. The van der Waals surface area contributed by atoms with Crippen molar-refractivity contribution in [3.05, 3.63) is 163 Å². The average Bonchev–Trinajstić information content (AvgIpc) is 1.62. The molecular weight excluding hydrogens is 1400 g/mol. The summed E-state index contributed by atoms with van der Waals surface area (Å²) in [4.78, 5) is 92.7. The Morgan fingerprint density at radius 3 is 1.08 bits per heavy atom. The molecular formula is C62H68Cl3F6IN4O16. The average molecular weight is 1470 g/mol. The number of hydrogen-bond donors (Lipinski definition) is 6. The van der Waals surface area contributed by atoms with Crippen molar-refractivity contribution < 1.29 is 103 Å². The van der Waals surface area contributed by atoms with E-state index in [9.17, 15) is 69.8 Å². The van der Waals surface area contributed by atoms with Crippen molar-refractivity contribution in [3.8, 4) is 11.1 Å². The van der Waals surface area contributed by atoms with Crippen LogP contribution in [0.5, 0.6) is 0 Å². The molecule has 0 aromatic heterocycles. The summed E-state index contributed by atoms with van der Waals surface area (Å²) in [5, 5.41) is 26.4. The molecule has 0 fully saturated rings. The maximum atomic E-state index is 13.6. The van der Waals surface area contributed by atoms with Crippen molar-refractivity contribution in [1.82, 2.24) is 21.3 Å². The lowest BCUT2D eigenvalue weighted by molar-refractivity contribution is -0.143. The number of carboxylic acid groups (broad SMARTS) is 2. The van der Waals surface area contributed by atoms with Crippen LogP contribution in [0.2, 0.25) is 15.1 Å². The summed E-state index contributed by atoms with van der Waals surface area (Å²) in [6.07, 6.45) is -4.00. The molecule has 502 valence electrons. The summed E-state index contributed by atoms with van der Waals surface area (Å²) >= 11 is 18.7. The minimum absolute atomic E-state index is 0.0171. The number of esters is 2. The van der Waals surface area contributed by atoms with Crippen LogP contribution in [0.3, 0.4) is 0 Å². The van der Waals surface area contributed by atoms with Gasteiger partial charge in [-0.3, -0.25) is 0 Å². The molecule has 6 rings (SSSR count). The normalized spacial score (nSPS) is 12.8. The zero-order chi connectivity index (χ0) is 69.7. The van der Waals surface area contributed by atoms with Gasteiger partial charge in [0.25, 0.3) is 0 Å². The molecule has 30 heteroatoms. The van der Waals surface area contributed by atoms with E-state index >= 15 is 0 Å². The van der Waals surface area contributed by atoms with Crippen LogP contribution in [-0.2, 0) is 66.9 Å². The van der Waals surface area contributed by atoms with Crippen molar-refractivity contribution in [2.24, 2.45) is 0 Å². The molecule has 0 aliphatic heterocycles. The number of alkyl halides is 1. The van der Waals surface area contributed by atoms with Gasteiger partial charge in [-0.05, 0) is 138 Å². The molecule has 1 aliphatic rings. The van der Waals surface area contributed by atoms with Crippen LogP contribution >= 0.6 is 57.4 Å². The van der Waals surface area contributed by atoms with E-state index in [0.29, 0.717) is 4.43 Å². The van der Waals surface area contributed by atoms with Crippen LogP contribution in [0.1, 0.15) is 96.0 Å². The van der Waals surface area contributed by atoms with Gasteiger partial charge in [-0.2, -0.15) is 0 Å². The van der Waals surface area contributed by atoms with E-state index in [2.05, 4.69) is 30.7 Å². The molecule has 92 heavy (non-hydrogen) atoms. The number of ether oxygens (including phenoxy) is 6. The van der Waals surface area contributed by atoms with E-state index < -0.39 is 139 Å². The van der Waals surface area contributed by atoms with Crippen molar-refractivity contribution in [3.63, 3.8) is 0 Å². The predicted octanol–water partition coefficient (Wildman–Crippen LogP) is 13.0. The quantitative estimate of drug-likeness (QED) is 0.0126. The first-order chi connectivity index (χ1) is 42.7. The summed E-state index contributed by atoms with van der Waals surface area (Å²) in [6.45, 7) is 15.1. The van der Waals surface area contributed by atoms with Crippen LogP contribution in [0, 0.1) is 34.9 Å². The molecule has 0 saturated carbocycles. The molecule has 0 radical (unpaired) electrons. The Balaban J connectivity index is 0.000000332. The van der Waals surface area contributed by atoms with Crippen LogP contribution in [-0.4, -0.2) is 125 Å². The van der Waals surface area contributed by atoms with Crippen LogP contribution < -0.4 is 21.3 Å². The van der Waals surface area contributed by atoms with E-state index in [1.165, 1.54) is 13.2 Å². The Hall–Kier alpha value is -7.76. The fourth-order valence-corrected chi connectivity index (χ4v) is 9.33. The number of nitrogens with one attached hydrogen (secondary N) is 4. The molecule has 0 bridgehead atoms. The molecule has 6 N–H and O–H groups in total. The van der Waals surface area contributed by atoms with Gasteiger partial charge in [-0.15, -0.1) is 0 Å². The lowest BCUT2D eigenvalue weighted by Crippen LogP contribution is -2.45. The summed E-state index contributed by atoms with van der Waals surface area (Å²) in [7, 11) is 2.42. The summed E-state index contributed by atoms with van der Waals surface area (Å²) in [5.74, 6) is -11.2. The van der Waals surface area contributed by atoms with Gasteiger partial charge in [0.1, 0.15) is 47.6 Å². The lowest BCUT2D eigenvalue weighted by Gasteiger charge is -2.22. The van der Waals surface area contributed by atoms with Crippen molar-refractivity contribution in [2.45, 2.75) is 128 Å². The van der Waals surface area contributed by atoms with Gasteiger partial charge < -0.3 is 59.9 Å². The van der Waals surface area contributed by atoms with Gasteiger partial charge in [0.15, 0.2) is 34.9 Å². The highest BCUT2D eigenvalue weighted by molar-refractivity contribution is 14.1. The minimum atomic E-state index is -1.41. The zero-order valence-corrected chi connectivity index (χ0v) is 55.8. The topological polar surface area (TPSA) is 281 Å². The number of methoxy groups -OCH3 is 2. The fraction of sp³-hybridized carbons (Fsp3) is 0.387. The van der Waals surface area contributed by atoms with Crippen LogP contribution in [0.25, 0.3) is 11.1 Å². The van der Waals surface area contributed by atoms with Crippen molar-refractivity contribution in [2.75, 3.05) is 25.3 Å². The highest BCUT2D eigenvalue weighted by Crippen LogP contribution is 2.44. The molecule has 0 unspecified atom stereocenters. The van der Waals surface area contributed by atoms with Crippen molar-refractivity contribution >= 4 is 106 Å². The van der Waals surface area contributed by atoms with E-state index in [-0.39, 0.29) is 48.5 Å². The first kappa shape index (κ1) is 78.5. The highest BCUT2D eigenvalue weighted by Gasteiger charge is 2.32. The summed E-state index contributed by atoms with van der Waals surface area (Å²) < 4.78 is 110. The first-order valence-electron chi connectivity index (χ1n) is 27.3. The maximum absolute atomic E-state index is 13.6. The summed E-state index contributed by atoms with van der Waals surface area (Å²) in [5.41, 5.74) is 2.53. The van der Waals surface area contributed by atoms with E-state index in [1.54, 1.807) is 62.3 Å². The molecule has 20 nitrogen and oxygen atoms in total. The molecule has 0 saturated heterocycles. The Kier molecular flexibility index (Phi) is 30.1. The number of fused-ring (bicyclic) bond motifs is 3. The summed E-state index contributed by atoms with van der Waals surface area (Å²) in [6, 6.07) is 17.0. The van der Waals surface area contributed by atoms with Gasteiger partial charge in [-0.25, -0.2) is 64.7 Å². The Morgan fingerprint density at radius 1 is 0.478 bits per heavy atom. The molecule has 0 spiro atoms. The Labute approximate surface area is 554 Å². The number of carbonyl (C=O) groups is 8. The third-order valence-electron chi connectivity index (χ3n) is 11.9. The molecule has 5 aromatic carbocycles. The maximum Gasteiger partial charge on any atom is 0.408 e. The monoisotopic (exact) mass is 1470 g/mol.